The summed E-state index contributed by atoms with van der Waals surface area (Å²) in [6.07, 6.45) is 1.03. The average molecular weight is 380 g/mol. The van der Waals surface area contributed by atoms with E-state index in [-0.39, 0.29) is 26.7 Å². The van der Waals surface area contributed by atoms with Gasteiger partial charge in [-0.2, -0.15) is 5.26 Å². The largest absolute Gasteiger partial charge is 0.321 e. The molecule has 0 aliphatic carbocycles. The lowest BCUT2D eigenvalue weighted by Gasteiger charge is -2.06. The first-order valence-corrected chi connectivity index (χ1v) is 8.65. The summed E-state index contributed by atoms with van der Waals surface area (Å²) in [6.45, 7) is 0. The maximum Gasteiger partial charge on any atom is 0.266 e. The minimum Gasteiger partial charge on any atom is -0.321 e. The third kappa shape index (κ3) is 4.64. The normalized spacial score (nSPS) is 11.7. The Morgan fingerprint density at radius 3 is 2.40 bits per heavy atom. The lowest BCUT2D eigenvalue weighted by molar-refractivity contribution is -0.112. The molecule has 0 heterocycles. The number of amides is 1. The van der Waals surface area contributed by atoms with Crippen molar-refractivity contribution in [1.29, 1.82) is 5.26 Å². The predicted molar refractivity (Wildman–Crippen MR) is 91.4 cm³/mol. The molecule has 0 fully saturated rings. The predicted octanol–water partition coefficient (Wildman–Crippen LogP) is 2.67. The summed E-state index contributed by atoms with van der Waals surface area (Å²) >= 11 is 5.86. The molecule has 0 saturated heterocycles. The molecular weight excluding hydrogens is 369 g/mol. The van der Waals surface area contributed by atoms with Crippen LogP contribution in [0.4, 0.5) is 10.1 Å². The summed E-state index contributed by atoms with van der Waals surface area (Å²) in [4.78, 5) is 12.0. The van der Waals surface area contributed by atoms with E-state index in [0.717, 1.165) is 12.1 Å². The first-order valence-electron chi connectivity index (χ1n) is 6.72. The Morgan fingerprint density at radius 2 is 1.88 bits per heavy atom. The van der Waals surface area contributed by atoms with Crippen LogP contribution in [0.25, 0.3) is 6.08 Å². The molecule has 2 aromatic rings. The van der Waals surface area contributed by atoms with Gasteiger partial charge < -0.3 is 5.32 Å². The summed E-state index contributed by atoms with van der Waals surface area (Å²) in [6, 6.07) is 10.7. The van der Waals surface area contributed by atoms with Gasteiger partial charge in [-0.15, -0.1) is 0 Å². The highest BCUT2D eigenvalue weighted by molar-refractivity contribution is 7.89. The van der Waals surface area contributed by atoms with Crippen LogP contribution in [0.15, 0.2) is 52.9 Å². The van der Waals surface area contributed by atoms with Crippen LogP contribution in [0.2, 0.25) is 5.02 Å². The van der Waals surface area contributed by atoms with Crippen molar-refractivity contribution in [3.63, 3.8) is 0 Å². The van der Waals surface area contributed by atoms with Gasteiger partial charge in [-0.3, -0.25) is 4.79 Å². The second-order valence-corrected chi connectivity index (χ2v) is 6.80. The maximum atomic E-state index is 13.8. The van der Waals surface area contributed by atoms with Gasteiger partial charge in [-0.1, -0.05) is 17.7 Å². The van der Waals surface area contributed by atoms with Crippen LogP contribution in [-0.4, -0.2) is 14.3 Å². The van der Waals surface area contributed by atoms with Crippen molar-refractivity contribution in [1.82, 2.24) is 0 Å². The molecule has 0 atom stereocenters. The number of primary sulfonamides is 1. The molecular formula is C16H11ClFN3O3S. The molecule has 0 unspecified atom stereocenters. The zero-order chi connectivity index (χ0) is 18.6. The summed E-state index contributed by atoms with van der Waals surface area (Å²) in [5, 5.41) is 16.6. The number of anilines is 1. The van der Waals surface area contributed by atoms with E-state index >= 15 is 0 Å². The minimum absolute atomic E-state index is 0.0538. The van der Waals surface area contributed by atoms with Gasteiger partial charge in [0.05, 0.1) is 9.92 Å². The monoisotopic (exact) mass is 379 g/mol. The number of benzene rings is 2. The molecule has 0 saturated carbocycles. The van der Waals surface area contributed by atoms with Crippen LogP contribution >= 0.6 is 11.6 Å². The number of carbonyl (C=O) groups excluding carboxylic acids is 1. The third-order valence-corrected chi connectivity index (χ3v) is 4.35. The zero-order valence-electron chi connectivity index (χ0n) is 12.5. The standard InChI is InChI=1S/C16H11ClFN3O3S/c17-14-2-1-3-15(18)13(14)8-10(9-19)16(22)21-11-4-6-12(7-5-11)25(20,23)24/h1-8H,(H,21,22)(H2,20,23,24)/b10-8+. The number of hydrogen-bond donors (Lipinski definition) is 2. The fraction of sp³-hybridized carbons (Fsp3) is 0. The third-order valence-electron chi connectivity index (χ3n) is 3.09. The molecule has 0 radical (unpaired) electrons. The SMILES string of the molecule is N#C/C(=C\c1c(F)cccc1Cl)C(=O)Nc1ccc(S(N)(=O)=O)cc1. The van der Waals surface area contributed by atoms with E-state index in [1.165, 1.54) is 36.4 Å². The van der Waals surface area contributed by atoms with Crippen LogP contribution < -0.4 is 10.5 Å². The smallest absolute Gasteiger partial charge is 0.266 e. The molecule has 128 valence electrons. The number of nitrogens with one attached hydrogen (secondary N) is 1. The Hall–Kier alpha value is -2.73. The average Bonchev–Trinajstić information content (AvgIpc) is 2.54. The Bertz CT molecular complexity index is 976. The Morgan fingerprint density at radius 1 is 1.24 bits per heavy atom. The van der Waals surface area contributed by atoms with Gasteiger partial charge in [0.2, 0.25) is 10.0 Å². The molecule has 0 aromatic heterocycles. The van der Waals surface area contributed by atoms with Crippen molar-refractivity contribution in [2.45, 2.75) is 4.90 Å². The number of rotatable bonds is 4. The number of sulfonamides is 1. The Balaban J connectivity index is 2.27. The van der Waals surface area contributed by atoms with Crippen molar-refractivity contribution in [3.8, 4) is 6.07 Å². The summed E-state index contributed by atoms with van der Waals surface area (Å²) < 4.78 is 36.1. The van der Waals surface area contributed by atoms with Gasteiger partial charge in [0, 0.05) is 11.3 Å². The number of nitrogens with zero attached hydrogens (tertiary/aromatic N) is 1. The highest BCUT2D eigenvalue weighted by Gasteiger charge is 2.13. The van der Waals surface area contributed by atoms with Crippen molar-refractivity contribution >= 4 is 39.3 Å². The number of halogens is 2. The van der Waals surface area contributed by atoms with Gasteiger partial charge in [-0.25, -0.2) is 17.9 Å². The molecule has 0 bridgehead atoms. The molecule has 25 heavy (non-hydrogen) atoms. The Kier molecular flexibility index (Phi) is 5.54. The van der Waals surface area contributed by atoms with Crippen LogP contribution in [0.1, 0.15) is 5.56 Å². The molecule has 0 spiro atoms. The number of nitriles is 1. The van der Waals surface area contributed by atoms with Gasteiger partial charge in [0.25, 0.3) is 5.91 Å². The van der Waals surface area contributed by atoms with Crippen molar-refractivity contribution in [2.75, 3.05) is 5.32 Å². The van der Waals surface area contributed by atoms with Gasteiger partial charge >= 0.3 is 0 Å². The van der Waals surface area contributed by atoms with Crippen LogP contribution in [0.5, 0.6) is 0 Å². The van der Waals surface area contributed by atoms with Gasteiger partial charge in [-0.05, 0) is 42.5 Å². The lowest BCUT2D eigenvalue weighted by atomic mass is 10.1. The van der Waals surface area contributed by atoms with Crippen LogP contribution in [0.3, 0.4) is 0 Å². The minimum atomic E-state index is -3.85. The van der Waals surface area contributed by atoms with Crippen molar-refractivity contribution in [2.24, 2.45) is 5.14 Å². The van der Waals surface area contributed by atoms with E-state index in [1.807, 2.05) is 0 Å². The molecule has 0 aliphatic heterocycles. The lowest BCUT2D eigenvalue weighted by Crippen LogP contribution is -2.14. The van der Waals surface area contributed by atoms with Crippen molar-refractivity contribution in [3.05, 3.63) is 64.4 Å². The zero-order valence-corrected chi connectivity index (χ0v) is 14.1. The highest BCUT2D eigenvalue weighted by Crippen LogP contribution is 2.22. The molecule has 0 aliphatic rings. The van der Waals surface area contributed by atoms with E-state index in [1.54, 1.807) is 6.07 Å². The number of nitrogens with two attached hydrogens (primary N) is 1. The van der Waals surface area contributed by atoms with Crippen LogP contribution in [0, 0.1) is 17.1 Å². The Labute approximate surface area is 148 Å². The quantitative estimate of drug-likeness (QED) is 0.628. The first-order chi connectivity index (χ1) is 11.7. The fourth-order valence-corrected chi connectivity index (χ4v) is 2.60. The van der Waals surface area contributed by atoms with E-state index in [0.29, 0.717) is 0 Å². The van der Waals surface area contributed by atoms with Crippen LogP contribution in [-0.2, 0) is 14.8 Å². The van der Waals surface area contributed by atoms with E-state index in [2.05, 4.69) is 5.32 Å². The summed E-state index contributed by atoms with van der Waals surface area (Å²) in [5.41, 5.74) is -0.221. The fourth-order valence-electron chi connectivity index (χ4n) is 1.87. The second-order valence-electron chi connectivity index (χ2n) is 4.83. The second kappa shape index (κ2) is 7.44. The molecule has 6 nitrogen and oxygen atoms in total. The molecule has 9 heteroatoms. The molecule has 3 N–H and O–H groups in total. The summed E-state index contributed by atoms with van der Waals surface area (Å²) in [5.74, 6) is -1.48. The summed E-state index contributed by atoms with van der Waals surface area (Å²) in [7, 11) is -3.85. The number of carbonyl (C=O) groups is 1. The topological polar surface area (TPSA) is 113 Å². The molecule has 2 aromatic carbocycles. The van der Waals surface area contributed by atoms with Gasteiger partial charge in [0.1, 0.15) is 17.5 Å². The first kappa shape index (κ1) is 18.6. The van der Waals surface area contributed by atoms with Crippen molar-refractivity contribution < 1.29 is 17.6 Å². The molecule has 2 rings (SSSR count). The van der Waals surface area contributed by atoms with E-state index < -0.39 is 21.7 Å². The van der Waals surface area contributed by atoms with Gasteiger partial charge in [0.15, 0.2) is 0 Å². The highest BCUT2D eigenvalue weighted by atomic mass is 35.5. The number of hydrogen-bond acceptors (Lipinski definition) is 4. The molecule has 1 amide bonds. The maximum absolute atomic E-state index is 13.8. The van der Waals surface area contributed by atoms with E-state index in [9.17, 15) is 17.6 Å². The van der Waals surface area contributed by atoms with E-state index in [4.69, 9.17) is 22.0 Å².